The van der Waals surface area contributed by atoms with Gasteiger partial charge in [0.15, 0.2) is 0 Å². The van der Waals surface area contributed by atoms with Gasteiger partial charge in [0.1, 0.15) is 0 Å². The number of halogens is 1. The smallest absolute Gasteiger partial charge is 0.337 e. The molecular formula is C18H16ClNO3. The molecule has 0 bridgehead atoms. The van der Waals surface area contributed by atoms with Crippen molar-refractivity contribution >= 4 is 29.2 Å². The molecule has 118 valence electrons. The van der Waals surface area contributed by atoms with Crippen LogP contribution in [-0.2, 0) is 4.79 Å². The summed E-state index contributed by atoms with van der Waals surface area (Å²) in [6.07, 6.45) is 2.00. The van der Waals surface area contributed by atoms with Crippen molar-refractivity contribution in [2.45, 2.75) is 18.8 Å². The molecule has 23 heavy (non-hydrogen) atoms. The molecule has 1 aliphatic carbocycles. The van der Waals surface area contributed by atoms with E-state index in [2.05, 4.69) is 5.32 Å². The number of nitrogens with one attached hydrogen (secondary N) is 1. The minimum Gasteiger partial charge on any atom is -0.478 e. The standard InChI is InChI=1S/C18H16ClNO3/c19-14-8-4-7-13(18(22)23)16(14)20-17(21)15(12-9-10-12)11-5-2-1-3-6-11/h1-8,12,15H,9-10H2,(H,20,21)(H,22,23). The first-order valence-corrected chi connectivity index (χ1v) is 7.83. The zero-order valence-corrected chi connectivity index (χ0v) is 13.1. The van der Waals surface area contributed by atoms with Crippen molar-refractivity contribution in [2.75, 3.05) is 5.32 Å². The summed E-state index contributed by atoms with van der Waals surface area (Å²) < 4.78 is 0. The van der Waals surface area contributed by atoms with E-state index < -0.39 is 5.97 Å². The maximum absolute atomic E-state index is 12.8. The highest BCUT2D eigenvalue weighted by atomic mass is 35.5. The number of carbonyl (C=O) groups excluding carboxylic acids is 1. The van der Waals surface area contributed by atoms with E-state index in [1.165, 1.54) is 6.07 Å². The maximum atomic E-state index is 12.8. The second kappa shape index (κ2) is 6.42. The van der Waals surface area contributed by atoms with Gasteiger partial charge in [-0.3, -0.25) is 4.79 Å². The molecule has 0 aromatic heterocycles. The highest BCUT2D eigenvalue weighted by Crippen LogP contribution is 2.43. The number of aromatic carboxylic acids is 1. The van der Waals surface area contributed by atoms with Gasteiger partial charge in [-0.05, 0) is 36.5 Å². The second-order valence-corrected chi connectivity index (χ2v) is 6.09. The summed E-state index contributed by atoms with van der Waals surface area (Å²) in [7, 11) is 0. The molecule has 1 fully saturated rings. The number of anilines is 1. The topological polar surface area (TPSA) is 66.4 Å². The third-order valence-corrected chi connectivity index (χ3v) is 4.34. The van der Waals surface area contributed by atoms with E-state index in [1.54, 1.807) is 12.1 Å². The summed E-state index contributed by atoms with van der Waals surface area (Å²) >= 11 is 6.09. The van der Waals surface area contributed by atoms with Crippen molar-refractivity contribution in [1.82, 2.24) is 0 Å². The van der Waals surface area contributed by atoms with Crippen molar-refractivity contribution in [3.8, 4) is 0 Å². The fourth-order valence-electron chi connectivity index (χ4n) is 2.76. The van der Waals surface area contributed by atoms with Crippen LogP contribution in [0.2, 0.25) is 5.02 Å². The first-order chi connectivity index (χ1) is 11.1. The van der Waals surface area contributed by atoms with Crippen LogP contribution in [-0.4, -0.2) is 17.0 Å². The predicted octanol–water partition coefficient (Wildman–Crippen LogP) is 4.17. The van der Waals surface area contributed by atoms with Gasteiger partial charge in [-0.25, -0.2) is 4.79 Å². The number of hydrogen-bond acceptors (Lipinski definition) is 2. The van der Waals surface area contributed by atoms with Crippen LogP contribution in [0.4, 0.5) is 5.69 Å². The summed E-state index contributed by atoms with van der Waals surface area (Å²) in [6.45, 7) is 0. The van der Waals surface area contributed by atoms with Crippen molar-refractivity contribution in [3.63, 3.8) is 0 Å². The number of hydrogen-bond donors (Lipinski definition) is 2. The Hall–Kier alpha value is -2.33. The number of carboxylic acids is 1. The number of amides is 1. The van der Waals surface area contributed by atoms with Crippen LogP contribution >= 0.6 is 11.6 Å². The van der Waals surface area contributed by atoms with Gasteiger partial charge in [-0.2, -0.15) is 0 Å². The van der Waals surface area contributed by atoms with Crippen LogP contribution in [0.3, 0.4) is 0 Å². The van der Waals surface area contributed by atoms with Gasteiger partial charge in [0.2, 0.25) is 5.91 Å². The van der Waals surface area contributed by atoms with Crippen LogP contribution < -0.4 is 5.32 Å². The Morgan fingerprint density at radius 3 is 2.39 bits per heavy atom. The van der Waals surface area contributed by atoms with Gasteiger partial charge in [0.25, 0.3) is 0 Å². The molecule has 2 aromatic rings. The van der Waals surface area contributed by atoms with Crippen molar-refractivity contribution in [3.05, 3.63) is 64.7 Å². The Labute approximate surface area is 139 Å². The molecule has 0 aliphatic heterocycles. The first-order valence-electron chi connectivity index (χ1n) is 7.45. The number of benzene rings is 2. The Morgan fingerprint density at radius 1 is 1.09 bits per heavy atom. The van der Waals surface area contributed by atoms with E-state index in [9.17, 15) is 14.7 Å². The molecule has 0 heterocycles. The summed E-state index contributed by atoms with van der Waals surface area (Å²) in [4.78, 5) is 24.1. The maximum Gasteiger partial charge on any atom is 0.337 e. The molecule has 1 unspecified atom stereocenters. The Bertz CT molecular complexity index is 741. The van der Waals surface area contributed by atoms with Gasteiger partial charge in [0.05, 0.1) is 22.2 Å². The van der Waals surface area contributed by atoms with Gasteiger partial charge in [-0.15, -0.1) is 0 Å². The van der Waals surface area contributed by atoms with E-state index in [1.807, 2.05) is 30.3 Å². The molecule has 3 rings (SSSR count). The molecule has 0 radical (unpaired) electrons. The second-order valence-electron chi connectivity index (χ2n) is 5.68. The normalized spacial score (nSPS) is 15.0. The molecule has 5 heteroatoms. The van der Waals surface area contributed by atoms with Gasteiger partial charge < -0.3 is 10.4 Å². The molecule has 2 N–H and O–H groups in total. The first kappa shape index (κ1) is 15.6. The third kappa shape index (κ3) is 3.37. The lowest BCUT2D eigenvalue weighted by atomic mass is 9.93. The van der Waals surface area contributed by atoms with Gasteiger partial charge >= 0.3 is 5.97 Å². The van der Waals surface area contributed by atoms with Crippen LogP contribution in [0.5, 0.6) is 0 Å². The Morgan fingerprint density at radius 2 is 1.78 bits per heavy atom. The van der Waals surface area contributed by atoms with E-state index in [4.69, 9.17) is 11.6 Å². The third-order valence-electron chi connectivity index (χ3n) is 4.03. The lowest BCUT2D eigenvalue weighted by molar-refractivity contribution is -0.118. The number of carboxylic acid groups (broad SMARTS) is 1. The largest absolute Gasteiger partial charge is 0.478 e. The molecule has 0 saturated heterocycles. The summed E-state index contributed by atoms with van der Waals surface area (Å²) in [5.41, 5.74) is 1.10. The van der Waals surface area contributed by atoms with E-state index in [0.29, 0.717) is 5.92 Å². The van der Waals surface area contributed by atoms with Crippen molar-refractivity contribution in [2.24, 2.45) is 5.92 Å². The molecule has 1 saturated carbocycles. The average Bonchev–Trinajstić information content (AvgIpc) is 3.35. The molecule has 2 aromatic carbocycles. The number of rotatable bonds is 5. The molecule has 1 aliphatic rings. The summed E-state index contributed by atoms with van der Waals surface area (Å²) in [6, 6.07) is 14.1. The quantitative estimate of drug-likeness (QED) is 0.865. The monoisotopic (exact) mass is 329 g/mol. The summed E-state index contributed by atoms with van der Waals surface area (Å²) in [5.74, 6) is -1.32. The van der Waals surface area contributed by atoms with E-state index in [0.717, 1.165) is 18.4 Å². The summed E-state index contributed by atoms with van der Waals surface area (Å²) in [5, 5.41) is 12.2. The lowest BCUT2D eigenvalue weighted by Gasteiger charge is -2.18. The molecule has 0 spiro atoms. The fraction of sp³-hybridized carbons (Fsp3) is 0.222. The zero-order chi connectivity index (χ0) is 16.4. The molecular weight excluding hydrogens is 314 g/mol. The van der Waals surface area contributed by atoms with Crippen molar-refractivity contribution in [1.29, 1.82) is 0 Å². The van der Waals surface area contributed by atoms with Gasteiger partial charge in [0, 0.05) is 0 Å². The fourth-order valence-corrected chi connectivity index (χ4v) is 2.98. The van der Waals surface area contributed by atoms with Crippen LogP contribution in [0, 0.1) is 5.92 Å². The minimum atomic E-state index is -1.12. The molecule has 1 atom stereocenters. The van der Waals surface area contributed by atoms with E-state index >= 15 is 0 Å². The predicted molar refractivity (Wildman–Crippen MR) is 88.9 cm³/mol. The Kier molecular flexibility index (Phi) is 4.35. The lowest BCUT2D eigenvalue weighted by Crippen LogP contribution is -2.24. The van der Waals surface area contributed by atoms with Crippen LogP contribution in [0.1, 0.15) is 34.7 Å². The van der Waals surface area contributed by atoms with E-state index in [-0.39, 0.29) is 28.1 Å². The zero-order valence-electron chi connectivity index (χ0n) is 12.3. The Balaban J connectivity index is 1.90. The average molecular weight is 330 g/mol. The minimum absolute atomic E-state index is 0.00606. The highest BCUT2D eigenvalue weighted by Gasteiger charge is 2.37. The molecule has 1 amide bonds. The van der Waals surface area contributed by atoms with Crippen LogP contribution in [0.15, 0.2) is 48.5 Å². The van der Waals surface area contributed by atoms with Gasteiger partial charge in [-0.1, -0.05) is 48.0 Å². The highest BCUT2D eigenvalue weighted by molar-refractivity contribution is 6.34. The SMILES string of the molecule is O=C(O)c1cccc(Cl)c1NC(=O)C(c1ccccc1)C1CC1. The van der Waals surface area contributed by atoms with Crippen molar-refractivity contribution < 1.29 is 14.7 Å². The number of para-hydroxylation sites is 1. The number of carbonyl (C=O) groups is 2. The van der Waals surface area contributed by atoms with Crippen LogP contribution in [0.25, 0.3) is 0 Å². The molecule has 4 nitrogen and oxygen atoms in total.